The van der Waals surface area contributed by atoms with Gasteiger partial charge in [0.1, 0.15) is 0 Å². The Bertz CT molecular complexity index is 779. The molecule has 0 aromatic heterocycles. The van der Waals surface area contributed by atoms with Crippen LogP contribution in [0.25, 0.3) is 0 Å². The lowest BCUT2D eigenvalue weighted by atomic mass is 10.0. The van der Waals surface area contributed by atoms with Gasteiger partial charge in [0.25, 0.3) is 5.91 Å². The smallest absolute Gasteiger partial charge is 0.254 e. The molecule has 0 atom stereocenters. The summed E-state index contributed by atoms with van der Waals surface area (Å²) in [6.45, 7) is 8.28. The van der Waals surface area contributed by atoms with Gasteiger partial charge in [-0.3, -0.25) is 9.59 Å². The van der Waals surface area contributed by atoms with E-state index >= 15 is 0 Å². The van der Waals surface area contributed by atoms with Crippen molar-refractivity contribution in [2.24, 2.45) is 5.92 Å². The van der Waals surface area contributed by atoms with Crippen molar-refractivity contribution in [1.82, 2.24) is 4.90 Å². The molecule has 4 heteroatoms. The van der Waals surface area contributed by atoms with Gasteiger partial charge in [0.15, 0.2) is 0 Å². The lowest BCUT2D eigenvalue weighted by molar-refractivity contribution is -0.116. The van der Waals surface area contributed by atoms with Crippen LogP contribution in [0.1, 0.15) is 40.9 Å². The van der Waals surface area contributed by atoms with Gasteiger partial charge in [0, 0.05) is 18.3 Å². The van der Waals surface area contributed by atoms with Gasteiger partial charge in [0.05, 0.1) is 6.54 Å². The lowest BCUT2D eigenvalue weighted by Crippen LogP contribution is -2.35. The first kappa shape index (κ1) is 19.7. The molecule has 0 spiro atoms. The maximum atomic E-state index is 12.5. The number of benzene rings is 2. The van der Waals surface area contributed by atoms with Crippen LogP contribution in [0.5, 0.6) is 0 Å². The van der Waals surface area contributed by atoms with E-state index in [1.807, 2.05) is 56.3 Å². The predicted molar refractivity (Wildman–Crippen MR) is 106 cm³/mol. The SMILES string of the molecule is Cc1ccc(C)c(NC(=O)CN(C)C(=O)c2ccc(CC(C)C)cc2)c1. The summed E-state index contributed by atoms with van der Waals surface area (Å²) in [5, 5.41) is 2.89. The van der Waals surface area contributed by atoms with E-state index in [-0.39, 0.29) is 18.4 Å². The van der Waals surface area contributed by atoms with Crippen LogP contribution in [0.2, 0.25) is 0 Å². The van der Waals surface area contributed by atoms with E-state index < -0.39 is 0 Å². The molecule has 138 valence electrons. The fourth-order valence-electron chi connectivity index (χ4n) is 2.82. The number of hydrogen-bond donors (Lipinski definition) is 1. The van der Waals surface area contributed by atoms with Crippen LogP contribution in [-0.2, 0) is 11.2 Å². The molecule has 2 rings (SSSR count). The largest absolute Gasteiger partial charge is 0.332 e. The quantitative estimate of drug-likeness (QED) is 0.846. The fraction of sp³-hybridized carbons (Fsp3) is 0.364. The van der Waals surface area contributed by atoms with Crippen molar-refractivity contribution in [1.29, 1.82) is 0 Å². The fourth-order valence-corrected chi connectivity index (χ4v) is 2.82. The van der Waals surface area contributed by atoms with Gasteiger partial charge in [-0.1, -0.05) is 38.1 Å². The molecule has 0 saturated heterocycles. The standard InChI is InChI=1S/C22H28N2O2/c1-15(2)12-18-8-10-19(11-9-18)22(26)24(5)14-21(25)23-20-13-16(3)6-7-17(20)4/h6-11,13,15H,12,14H2,1-5H3,(H,23,25). The molecular weight excluding hydrogens is 324 g/mol. The first-order valence-corrected chi connectivity index (χ1v) is 8.97. The zero-order valence-electron chi connectivity index (χ0n) is 16.3. The Morgan fingerprint density at radius 2 is 1.69 bits per heavy atom. The summed E-state index contributed by atoms with van der Waals surface area (Å²) >= 11 is 0. The van der Waals surface area contributed by atoms with E-state index in [4.69, 9.17) is 0 Å². The summed E-state index contributed by atoms with van der Waals surface area (Å²) in [5.41, 5.74) is 4.68. The van der Waals surface area contributed by atoms with Crippen molar-refractivity contribution in [3.8, 4) is 0 Å². The molecule has 26 heavy (non-hydrogen) atoms. The van der Waals surface area contributed by atoms with Gasteiger partial charge in [-0.2, -0.15) is 0 Å². The number of hydrogen-bond acceptors (Lipinski definition) is 2. The van der Waals surface area contributed by atoms with Crippen molar-refractivity contribution in [2.45, 2.75) is 34.1 Å². The number of aryl methyl sites for hydroxylation is 2. The van der Waals surface area contributed by atoms with Gasteiger partial charge >= 0.3 is 0 Å². The van der Waals surface area contributed by atoms with E-state index in [0.717, 1.165) is 23.2 Å². The number of likely N-dealkylation sites (N-methyl/N-ethyl adjacent to an activating group) is 1. The summed E-state index contributed by atoms with van der Waals surface area (Å²) in [6.07, 6.45) is 0.989. The molecule has 0 unspecified atom stereocenters. The number of anilines is 1. The summed E-state index contributed by atoms with van der Waals surface area (Å²) in [5.74, 6) is 0.219. The predicted octanol–water partition coefficient (Wildman–Crippen LogP) is 4.21. The Labute approximate surface area is 156 Å². The average Bonchev–Trinajstić information content (AvgIpc) is 2.57. The number of carbonyl (C=O) groups is 2. The van der Waals surface area contributed by atoms with Crippen molar-refractivity contribution >= 4 is 17.5 Å². The second-order valence-electron chi connectivity index (χ2n) is 7.32. The van der Waals surface area contributed by atoms with Gasteiger partial charge in [-0.15, -0.1) is 0 Å². The van der Waals surface area contributed by atoms with Crippen LogP contribution in [-0.4, -0.2) is 30.3 Å². The maximum Gasteiger partial charge on any atom is 0.254 e. The number of carbonyl (C=O) groups excluding carboxylic acids is 2. The van der Waals surface area contributed by atoms with Crippen molar-refractivity contribution in [2.75, 3.05) is 18.9 Å². The molecule has 2 aromatic rings. The molecule has 2 aromatic carbocycles. The molecule has 2 amide bonds. The van der Waals surface area contributed by atoms with Gasteiger partial charge < -0.3 is 10.2 Å². The molecule has 0 fully saturated rings. The van der Waals surface area contributed by atoms with Crippen LogP contribution in [0.4, 0.5) is 5.69 Å². The van der Waals surface area contributed by atoms with Crippen molar-refractivity contribution in [3.05, 3.63) is 64.7 Å². The number of nitrogens with one attached hydrogen (secondary N) is 1. The van der Waals surface area contributed by atoms with Gasteiger partial charge in [-0.25, -0.2) is 0 Å². The molecule has 1 N–H and O–H groups in total. The van der Waals surface area contributed by atoms with E-state index in [1.54, 1.807) is 7.05 Å². The van der Waals surface area contributed by atoms with Gasteiger partial charge in [-0.05, 0) is 61.1 Å². The second kappa shape index (κ2) is 8.65. The molecule has 0 aliphatic rings. The molecule has 0 aliphatic heterocycles. The summed E-state index contributed by atoms with van der Waals surface area (Å²) in [6, 6.07) is 13.5. The highest BCUT2D eigenvalue weighted by Crippen LogP contribution is 2.16. The highest BCUT2D eigenvalue weighted by atomic mass is 16.2. The molecule has 0 aliphatic carbocycles. The van der Waals surface area contributed by atoms with Crippen LogP contribution in [0.15, 0.2) is 42.5 Å². The topological polar surface area (TPSA) is 49.4 Å². The minimum absolute atomic E-state index is 0.0138. The summed E-state index contributed by atoms with van der Waals surface area (Å²) in [7, 11) is 1.65. The first-order valence-electron chi connectivity index (χ1n) is 8.97. The summed E-state index contributed by atoms with van der Waals surface area (Å²) < 4.78 is 0. The van der Waals surface area contributed by atoms with Crippen LogP contribution < -0.4 is 5.32 Å². The molecule has 0 bridgehead atoms. The molecule has 0 saturated carbocycles. The Morgan fingerprint density at radius 3 is 2.31 bits per heavy atom. The van der Waals surface area contributed by atoms with Gasteiger partial charge in [0.2, 0.25) is 5.91 Å². The Balaban J connectivity index is 1.97. The van der Waals surface area contributed by atoms with Crippen molar-refractivity contribution < 1.29 is 9.59 Å². The van der Waals surface area contributed by atoms with Crippen LogP contribution in [0.3, 0.4) is 0 Å². The molecular formula is C22H28N2O2. The zero-order valence-corrected chi connectivity index (χ0v) is 16.3. The number of nitrogens with zero attached hydrogens (tertiary/aromatic N) is 1. The van der Waals surface area contributed by atoms with Crippen LogP contribution >= 0.6 is 0 Å². The third kappa shape index (κ3) is 5.45. The maximum absolute atomic E-state index is 12.5. The molecule has 0 heterocycles. The normalized spacial score (nSPS) is 10.7. The minimum Gasteiger partial charge on any atom is -0.332 e. The third-order valence-corrected chi connectivity index (χ3v) is 4.24. The lowest BCUT2D eigenvalue weighted by Gasteiger charge is -2.18. The number of amides is 2. The monoisotopic (exact) mass is 352 g/mol. The van der Waals surface area contributed by atoms with E-state index in [9.17, 15) is 9.59 Å². The highest BCUT2D eigenvalue weighted by molar-refractivity contribution is 5.99. The average molecular weight is 352 g/mol. The zero-order chi connectivity index (χ0) is 19.3. The van der Waals surface area contributed by atoms with E-state index in [0.29, 0.717) is 11.5 Å². The molecule has 0 radical (unpaired) electrons. The number of rotatable bonds is 6. The Morgan fingerprint density at radius 1 is 1.04 bits per heavy atom. The van der Waals surface area contributed by atoms with E-state index in [1.165, 1.54) is 10.5 Å². The first-order chi connectivity index (χ1) is 12.3. The third-order valence-electron chi connectivity index (χ3n) is 4.24. The highest BCUT2D eigenvalue weighted by Gasteiger charge is 2.15. The minimum atomic E-state index is -0.203. The molecule has 4 nitrogen and oxygen atoms in total. The van der Waals surface area contributed by atoms with Crippen molar-refractivity contribution in [3.63, 3.8) is 0 Å². The van der Waals surface area contributed by atoms with Crippen LogP contribution in [0, 0.1) is 19.8 Å². The Hall–Kier alpha value is -2.62. The second-order valence-corrected chi connectivity index (χ2v) is 7.32. The van der Waals surface area contributed by atoms with E-state index in [2.05, 4.69) is 19.2 Å². The summed E-state index contributed by atoms with van der Waals surface area (Å²) in [4.78, 5) is 26.3. The Kier molecular flexibility index (Phi) is 6.56.